The fourth-order valence-electron chi connectivity index (χ4n) is 0.717. The van der Waals surface area contributed by atoms with Crippen molar-refractivity contribution in [3.05, 3.63) is 0 Å². The third-order valence-corrected chi connectivity index (χ3v) is 1.21. The minimum absolute atomic E-state index is 0.241. The van der Waals surface area contributed by atoms with Crippen molar-refractivity contribution in [1.82, 2.24) is 0 Å². The summed E-state index contributed by atoms with van der Waals surface area (Å²) in [6.45, 7) is 2.52. The Balaban J connectivity index is 2.39. The average molecular weight is 122 g/mol. The topological polar surface area (TPSA) is 12.5 Å². The fourth-order valence-corrected chi connectivity index (χ4v) is 0.717. The van der Waals surface area contributed by atoms with E-state index in [4.69, 9.17) is 0 Å². The highest BCUT2D eigenvalue weighted by atomic mass is 19.3. The molecule has 8 heavy (non-hydrogen) atoms. The Bertz CT molecular complexity index is 97.1. The molecule has 1 nitrogen and oxygen atoms in total. The maximum atomic E-state index is 12.0. The van der Waals surface area contributed by atoms with Crippen molar-refractivity contribution in [3.8, 4) is 0 Å². The van der Waals surface area contributed by atoms with Crippen LogP contribution in [-0.4, -0.2) is 18.1 Å². The van der Waals surface area contributed by atoms with Crippen molar-refractivity contribution in [1.29, 1.82) is 0 Å². The van der Waals surface area contributed by atoms with E-state index in [1.807, 2.05) is 0 Å². The zero-order chi connectivity index (χ0) is 6.36. The van der Waals surface area contributed by atoms with Gasteiger partial charge in [-0.15, -0.1) is 0 Å². The van der Waals surface area contributed by atoms with Gasteiger partial charge >= 0.3 is 0 Å². The van der Waals surface area contributed by atoms with Crippen molar-refractivity contribution in [2.75, 3.05) is 0 Å². The zero-order valence-corrected chi connectivity index (χ0v) is 4.82. The quantitative estimate of drug-likeness (QED) is 0.479. The number of hydrogen-bond donors (Lipinski definition) is 0. The van der Waals surface area contributed by atoms with Gasteiger partial charge in [0.15, 0.2) is 0 Å². The Labute approximate surface area is 46.6 Å². The van der Waals surface area contributed by atoms with Gasteiger partial charge in [-0.2, -0.15) is 0 Å². The predicted octanol–water partition coefficient (Wildman–Crippen LogP) is 1.43. The first kappa shape index (κ1) is 5.95. The lowest BCUT2D eigenvalue weighted by molar-refractivity contribution is -0.00704. The molecule has 2 atom stereocenters. The van der Waals surface area contributed by atoms with Gasteiger partial charge in [0.05, 0.1) is 6.10 Å². The van der Waals surface area contributed by atoms with Crippen molar-refractivity contribution in [2.24, 2.45) is 0 Å². The number of alkyl halides is 2. The molecular formula is C5H8F2O. The Hall–Kier alpha value is -0.180. The molecule has 0 aliphatic carbocycles. The summed E-state index contributed by atoms with van der Waals surface area (Å²) < 4.78 is 28.6. The molecule has 0 aromatic carbocycles. The van der Waals surface area contributed by atoms with Crippen LogP contribution in [0.25, 0.3) is 0 Å². The highest BCUT2D eigenvalue weighted by Crippen LogP contribution is 2.35. The Morgan fingerprint density at radius 2 is 1.88 bits per heavy atom. The van der Waals surface area contributed by atoms with E-state index in [0.29, 0.717) is 0 Å². The van der Waals surface area contributed by atoms with Gasteiger partial charge in [-0.3, -0.25) is 0 Å². The van der Waals surface area contributed by atoms with Crippen LogP contribution in [0, 0.1) is 0 Å². The monoisotopic (exact) mass is 122 g/mol. The SMILES string of the molecule is CC1OC1C(C)(F)F. The Morgan fingerprint density at radius 1 is 1.50 bits per heavy atom. The van der Waals surface area contributed by atoms with Gasteiger partial charge in [-0.25, -0.2) is 8.78 Å². The molecule has 1 fully saturated rings. The van der Waals surface area contributed by atoms with Crippen molar-refractivity contribution >= 4 is 0 Å². The lowest BCUT2D eigenvalue weighted by Crippen LogP contribution is -2.19. The minimum atomic E-state index is -2.64. The summed E-state index contributed by atoms with van der Waals surface area (Å²) >= 11 is 0. The standard InChI is InChI=1S/C5H8F2O/c1-3-4(8-3)5(2,6)7/h3-4H,1-2H3. The fraction of sp³-hybridized carbons (Fsp3) is 1.00. The van der Waals surface area contributed by atoms with E-state index in [1.165, 1.54) is 0 Å². The number of ether oxygens (including phenoxy) is 1. The van der Waals surface area contributed by atoms with Gasteiger partial charge < -0.3 is 4.74 Å². The molecule has 0 amide bonds. The van der Waals surface area contributed by atoms with Crippen LogP contribution in [0.4, 0.5) is 8.78 Å². The van der Waals surface area contributed by atoms with Crippen molar-refractivity contribution in [3.63, 3.8) is 0 Å². The number of epoxide rings is 1. The summed E-state index contributed by atoms with van der Waals surface area (Å²) in [6.07, 6.45) is -1.06. The van der Waals surface area contributed by atoms with Crippen LogP contribution in [0.2, 0.25) is 0 Å². The molecular weight excluding hydrogens is 114 g/mol. The second-order valence-corrected chi connectivity index (χ2v) is 2.22. The number of halogens is 2. The van der Waals surface area contributed by atoms with E-state index in [2.05, 4.69) is 4.74 Å². The van der Waals surface area contributed by atoms with E-state index in [0.717, 1.165) is 6.92 Å². The summed E-state index contributed by atoms with van der Waals surface area (Å²) in [7, 11) is 0. The molecule has 1 aliphatic heterocycles. The summed E-state index contributed by atoms with van der Waals surface area (Å²) in [5.74, 6) is -2.64. The second kappa shape index (κ2) is 1.41. The molecule has 1 rings (SSSR count). The summed E-state index contributed by atoms with van der Waals surface area (Å²) in [6, 6.07) is 0. The van der Waals surface area contributed by atoms with Crippen LogP contribution >= 0.6 is 0 Å². The number of hydrogen-bond acceptors (Lipinski definition) is 1. The molecule has 0 N–H and O–H groups in total. The molecule has 3 heteroatoms. The molecule has 0 aromatic rings. The highest BCUT2D eigenvalue weighted by molar-refractivity contribution is 4.90. The lowest BCUT2D eigenvalue weighted by Gasteiger charge is -2.02. The summed E-state index contributed by atoms with van der Waals surface area (Å²) in [4.78, 5) is 0. The van der Waals surface area contributed by atoms with Gasteiger partial charge in [-0.1, -0.05) is 0 Å². The maximum absolute atomic E-state index is 12.0. The van der Waals surface area contributed by atoms with Crippen LogP contribution < -0.4 is 0 Å². The molecule has 1 saturated heterocycles. The van der Waals surface area contributed by atoms with Crippen LogP contribution in [0.3, 0.4) is 0 Å². The third kappa shape index (κ3) is 0.968. The normalized spacial score (nSPS) is 37.5. The summed E-state index contributed by atoms with van der Waals surface area (Å²) in [5.41, 5.74) is 0. The van der Waals surface area contributed by atoms with E-state index in [-0.39, 0.29) is 6.10 Å². The Morgan fingerprint density at radius 3 is 1.88 bits per heavy atom. The number of rotatable bonds is 1. The van der Waals surface area contributed by atoms with Gasteiger partial charge in [-0.05, 0) is 6.92 Å². The van der Waals surface area contributed by atoms with Crippen molar-refractivity contribution < 1.29 is 13.5 Å². The van der Waals surface area contributed by atoms with E-state index in [9.17, 15) is 8.78 Å². The first-order valence-corrected chi connectivity index (χ1v) is 2.55. The van der Waals surface area contributed by atoms with Gasteiger partial charge in [0.2, 0.25) is 0 Å². The van der Waals surface area contributed by atoms with Gasteiger partial charge in [0.1, 0.15) is 6.10 Å². The van der Waals surface area contributed by atoms with Crippen LogP contribution in [0.15, 0.2) is 0 Å². The van der Waals surface area contributed by atoms with Gasteiger partial charge in [0.25, 0.3) is 5.92 Å². The highest BCUT2D eigenvalue weighted by Gasteiger charge is 2.51. The molecule has 1 aliphatic rings. The first-order chi connectivity index (χ1) is 3.52. The first-order valence-electron chi connectivity index (χ1n) is 2.55. The second-order valence-electron chi connectivity index (χ2n) is 2.22. The molecule has 0 bridgehead atoms. The molecule has 48 valence electrons. The average Bonchev–Trinajstić information content (AvgIpc) is 2.13. The maximum Gasteiger partial charge on any atom is 0.273 e. The molecule has 0 aromatic heterocycles. The van der Waals surface area contributed by atoms with Gasteiger partial charge in [0, 0.05) is 6.92 Å². The van der Waals surface area contributed by atoms with Crippen LogP contribution in [0.5, 0.6) is 0 Å². The van der Waals surface area contributed by atoms with E-state index < -0.39 is 12.0 Å². The summed E-state index contributed by atoms with van der Waals surface area (Å²) in [5, 5.41) is 0. The molecule has 0 spiro atoms. The third-order valence-electron chi connectivity index (χ3n) is 1.21. The molecule has 0 radical (unpaired) electrons. The zero-order valence-electron chi connectivity index (χ0n) is 4.82. The van der Waals surface area contributed by atoms with E-state index >= 15 is 0 Å². The predicted molar refractivity (Wildman–Crippen MR) is 25.0 cm³/mol. The Kier molecular flexibility index (Phi) is 1.05. The van der Waals surface area contributed by atoms with Crippen LogP contribution in [0.1, 0.15) is 13.8 Å². The van der Waals surface area contributed by atoms with Crippen molar-refractivity contribution in [2.45, 2.75) is 32.0 Å². The lowest BCUT2D eigenvalue weighted by atomic mass is 10.2. The van der Waals surface area contributed by atoms with Crippen LogP contribution in [-0.2, 0) is 4.74 Å². The molecule has 2 unspecified atom stereocenters. The largest absolute Gasteiger partial charge is 0.363 e. The molecule has 0 saturated carbocycles. The smallest absolute Gasteiger partial charge is 0.273 e. The minimum Gasteiger partial charge on any atom is -0.363 e. The molecule has 1 heterocycles. The van der Waals surface area contributed by atoms with E-state index in [1.54, 1.807) is 6.92 Å².